The van der Waals surface area contributed by atoms with Crippen molar-refractivity contribution in [3.63, 3.8) is 0 Å². The van der Waals surface area contributed by atoms with Crippen molar-refractivity contribution in [3.05, 3.63) is 35.9 Å². The van der Waals surface area contributed by atoms with Crippen LogP contribution in [0.2, 0.25) is 0 Å². The van der Waals surface area contributed by atoms with Gasteiger partial charge in [0.25, 0.3) is 0 Å². The predicted octanol–water partition coefficient (Wildman–Crippen LogP) is 1.22. The summed E-state index contributed by atoms with van der Waals surface area (Å²) in [7, 11) is 0. The summed E-state index contributed by atoms with van der Waals surface area (Å²) in [6, 6.07) is 4.46. The molecule has 120 valence electrons. The molecule has 0 aliphatic carbocycles. The molecule has 2 aromatic heterocycles. The Morgan fingerprint density at radius 1 is 1.36 bits per heavy atom. The lowest BCUT2D eigenvalue weighted by molar-refractivity contribution is 0.0845. The van der Waals surface area contributed by atoms with E-state index in [2.05, 4.69) is 32.8 Å². The van der Waals surface area contributed by atoms with Gasteiger partial charge in [0.05, 0.1) is 24.9 Å². The highest BCUT2D eigenvalue weighted by molar-refractivity contribution is 5.07. The molecule has 6 nitrogen and oxygen atoms in total. The van der Waals surface area contributed by atoms with E-state index in [9.17, 15) is 5.11 Å². The normalized spacial score (nSPS) is 20.6. The van der Waals surface area contributed by atoms with Crippen LogP contribution in [0, 0.1) is 13.8 Å². The van der Waals surface area contributed by atoms with E-state index in [1.165, 1.54) is 18.5 Å². The highest BCUT2D eigenvalue weighted by Gasteiger charge is 2.27. The minimum absolute atomic E-state index is 0.388. The summed E-state index contributed by atoms with van der Waals surface area (Å²) in [5.41, 5.74) is 2.28. The van der Waals surface area contributed by atoms with Crippen LogP contribution in [-0.2, 0) is 13.1 Å². The largest absolute Gasteiger partial charge is 0.390 e. The van der Waals surface area contributed by atoms with E-state index >= 15 is 0 Å². The Hall–Kier alpha value is -1.66. The molecule has 0 aromatic carbocycles. The zero-order valence-corrected chi connectivity index (χ0v) is 13.4. The minimum atomic E-state index is -0.388. The summed E-state index contributed by atoms with van der Waals surface area (Å²) in [4.78, 5) is 2.39. The van der Waals surface area contributed by atoms with Crippen molar-refractivity contribution < 1.29 is 5.11 Å². The van der Waals surface area contributed by atoms with Gasteiger partial charge in [-0.2, -0.15) is 10.2 Å². The highest BCUT2D eigenvalue weighted by Crippen LogP contribution is 2.20. The molecule has 1 saturated heterocycles. The summed E-state index contributed by atoms with van der Waals surface area (Å²) >= 11 is 0. The van der Waals surface area contributed by atoms with E-state index in [1.807, 2.05) is 19.2 Å². The zero-order valence-electron chi connectivity index (χ0n) is 13.4. The molecule has 1 fully saturated rings. The number of likely N-dealkylation sites (tertiary alicyclic amines) is 1. The van der Waals surface area contributed by atoms with E-state index < -0.39 is 0 Å². The van der Waals surface area contributed by atoms with Gasteiger partial charge < -0.3 is 5.11 Å². The van der Waals surface area contributed by atoms with Crippen LogP contribution in [0.15, 0.2) is 24.5 Å². The summed E-state index contributed by atoms with van der Waals surface area (Å²) < 4.78 is 3.88. The third-order valence-electron chi connectivity index (χ3n) is 4.39. The topological polar surface area (TPSA) is 59.1 Å². The Morgan fingerprint density at radius 2 is 2.23 bits per heavy atom. The number of aliphatic hydroxyl groups excluding tert-OH is 1. The van der Waals surface area contributed by atoms with Gasteiger partial charge >= 0.3 is 0 Å². The molecule has 6 heteroatoms. The Labute approximate surface area is 131 Å². The van der Waals surface area contributed by atoms with Crippen LogP contribution in [0.3, 0.4) is 0 Å². The molecular formula is C16H25N5O. The van der Waals surface area contributed by atoms with Crippen LogP contribution in [-0.4, -0.2) is 54.8 Å². The maximum atomic E-state index is 10.3. The second-order valence-corrected chi connectivity index (χ2v) is 6.28. The molecule has 3 rings (SSSR count). The molecule has 0 unspecified atom stereocenters. The minimum Gasteiger partial charge on any atom is -0.390 e. The van der Waals surface area contributed by atoms with Gasteiger partial charge in [-0.15, -0.1) is 0 Å². The van der Waals surface area contributed by atoms with Crippen molar-refractivity contribution in [1.29, 1.82) is 0 Å². The van der Waals surface area contributed by atoms with E-state index in [0.29, 0.717) is 19.1 Å². The Kier molecular flexibility index (Phi) is 4.59. The number of hydrogen-bond donors (Lipinski definition) is 1. The summed E-state index contributed by atoms with van der Waals surface area (Å²) in [6.07, 6.45) is 5.61. The van der Waals surface area contributed by atoms with Crippen LogP contribution >= 0.6 is 0 Å². The molecular weight excluding hydrogens is 278 g/mol. The predicted molar refractivity (Wildman–Crippen MR) is 84.5 cm³/mol. The highest BCUT2D eigenvalue weighted by atomic mass is 16.3. The van der Waals surface area contributed by atoms with Crippen LogP contribution in [0.25, 0.3) is 0 Å². The van der Waals surface area contributed by atoms with Crippen molar-refractivity contribution in [2.75, 3.05) is 13.1 Å². The first-order valence-electron chi connectivity index (χ1n) is 8.02. The first-order valence-corrected chi connectivity index (χ1v) is 8.02. The molecule has 0 amide bonds. The van der Waals surface area contributed by atoms with E-state index in [1.54, 1.807) is 10.9 Å². The first-order chi connectivity index (χ1) is 10.6. The molecule has 3 heterocycles. The van der Waals surface area contributed by atoms with Crippen LogP contribution in [0.1, 0.15) is 24.2 Å². The molecule has 22 heavy (non-hydrogen) atoms. The van der Waals surface area contributed by atoms with E-state index in [4.69, 9.17) is 0 Å². The van der Waals surface area contributed by atoms with E-state index in [-0.39, 0.29) is 6.10 Å². The van der Waals surface area contributed by atoms with Gasteiger partial charge in [-0.25, -0.2) is 0 Å². The summed E-state index contributed by atoms with van der Waals surface area (Å²) in [5.74, 6) is 0. The Morgan fingerprint density at radius 3 is 2.91 bits per heavy atom. The summed E-state index contributed by atoms with van der Waals surface area (Å²) in [6.45, 7) is 7.35. The Bertz CT molecular complexity index is 592. The average Bonchev–Trinajstić information content (AvgIpc) is 3.16. The van der Waals surface area contributed by atoms with Gasteiger partial charge in [-0.3, -0.25) is 14.3 Å². The number of aromatic nitrogens is 4. The monoisotopic (exact) mass is 303 g/mol. The van der Waals surface area contributed by atoms with E-state index in [0.717, 1.165) is 18.8 Å². The summed E-state index contributed by atoms with van der Waals surface area (Å²) in [5, 5.41) is 19.0. The number of rotatable bonds is 6. The number of nitrogens with zero attached hydrogens (tertiary/aromatic N) is 5. The fourth-order valence-corrected chi connectivity index (χ4v) is 3.35. The van der Waals surface area contributed by atoms with Gasteiger partial charge in [0.2, 0.25) is 0 Å². The molecule has 1 aliphatic rings. The zero-order chi connectivity index (χ0) is 15.5. The molecule has 0 radical (unpaired) electrons. The molecule has 1 aliphatic heterocycles. The lowest BCUT2D eigenvalue weighted by atomic mass is 10.2. The van der Waals surface area contributed by atoms with Crippen molar-refractivity contribution in [1.82, 2.24) is 24.5 Å². The molecule has 1 N–H and O–H groups in total. The second-order valence-electron chi connectivity index (χ2n) is 6.28. The molecule has 2 aromatic rings. The maximum absolute atomic E-state index is 10.3. The quantitative estimate of drug-likeness (QED) is 0.872. The van der Waals surface area contributed by atoms with Gasteiger partial charge in [0.1, 0.15) is 0 Å². The van der Waals surface area contributed by atoms with Crippen molar-refractivity contribution in [2.24, 2.45) is 0 Å². The Balaban J connectivity index is 1.57. The van der Waals surface area contributed by atoms with Crippen LogP contribution in [0.4, 0.5) is 0 Å². The number of aryl methyl sites for hydroxylation is 2. The SMILES string of the molecule is Cc1cc(C)n(C[C@@H]2CCCN2C[C@@H](O)Cn2cccn2)n1. The third kappa shape index (κ3) is 3.56. The fraction of sp³-hybridized carbons (Fsp3) is 0.625. The molecule has 0 bridgehead atoms. The lowest BCUT2D eigenvalue weighted by Crippen LogP contribution is -2.40. The van der Waals surface area contributed by atoms with Crippen LogP contribution in [0.5, 0.6) is 0 Å². The van der Waals surface area contributed by atoms with Gasteiger partial charge in [0.15, 0.2) is 0 Å². The number of aliphatic hydroxyl groups is 1. The van der Waals surface area contributed by atoms with Gasteiger partial charge in [0, 0.05) is 30.7 Å². The lowest BCUT2D eigenvalue weighted by Gasteiger charge is -2.27. The number of hydrogen-bond acceptors (Lipinski definition) is 4. The average molecular weight is 303 g/mol. The standard InChI is InChI=1S/C16H25N5O/c1-13-9-14(2)21(18-13)10-15-5-3-7-19(15)11-16(22)12-20-8-4-6-17-20/h4,6,8-9,15-16,22H,3,5,7,10-12H2,1-2H3/t15-,16+/m0/s1. The molecule has 2 atom stereocenters. The smallest absolute Gasteiger partial charge is 0.0862 e. The van der Waals surface area contributed by atoms with Gasteiger partial charge in [-0.05, 0) is 45.4 Å². The maximum Gasteiger partial charge on any atom is 0.0862 e. The third-order valence-corrected chi connectivity index (χ3v) is 4.39. The van der Waals surface area contributed by atoms with Gasteiger partial charge in [-0.1, -0.05) is 0 Å². The van der Waals surface area contributed by atoms with Crippen molar-refractivity contribution >= 4 is 0 Å². The number of β-amino-alcohol motifs (C(OH)–C–C–N with tert-alkyl or cyclic N) is 1. The van der Waals surface area contributed by atoms with Crippen LogP contribution < -0.4 is 0 Å². The van der Waals surface area contributed by atoms with Crippen molar-refractivity contribution in [3.8, 4) is 0 Å². The molecule has 0 saturated carbocycles. The van der Waals surface area contributed by atoms with Crippen molar-refractivity contribution in [2.45, 2.75) is 51.9 Å². The molecule has 0 spiro atoms. The first kappa shape index (κ1) is 15.2. The fourth-order valence-electron chi connectivity index (χ4n) is 3.35. The second kappa shape index (κ2) is 6.62.